The van der Waals surface area contributed by atoms with Crippen molar-refractivity contribution in [1.29, 1.82) is 0 Å². The Balaban J connectivity index is 1.65. The molecule has 2 aromatic rings. The summed E-state index contributed by atoms with van der Waals surface area (Å²) >= 11 is 0. The number of nitrogens with zero attached hydrogens (tertiary/aromatic N) is 5. The van der Waals surface area contributed by atoms with Gasteiger partial charge in [-0.05, 0) is 45.4 Å². The van der Waals surface area contributed by atoms with Crippen LogP contribution in [0.25, 0.3) is 11.0 Å². The molecule has 1 amide bonds. The first-order valence-electron chi connectivity index (χ1n) is 10.3. The van der Waals surface area contributed by atoms with E-state index in [1.54, 1.807) is 4.68 Å². The molecule has 4 heterocycles. The molecule has 8 nitrogen and oxygen atoms in total. The maximum atomic E-state index is 12.3. The number of likely N-dealkylation sites (tertiary alicyclic amines) is 1. The number of amides is 1. The first-order valence-corrected chi connectivity index (χ1v) is 10.3. The number of aryl methyl sites for hydroxylation is 2. The number of anilines is 1. The zero-order chi connectivity index (χ0) is 20.9. The van der Waals surface area contributed by atoms with Gasteiger partial charge >= 0.3 is 5.97 Å². The predicted octanol–water partition coefficient (Wildman–Crippen LogP) is 2.59. The number of hydrogen-bond donors (Lipinski definition) is 1. The standard InChI is InChI=1S/C21H29N5O3/c1-13(2)26-12-21(6-5-16(26)27)7-9-25(10-8-21)18-15(20(28)29)11-22-19-17(18)14(3)23-24(19)4/h11,13H,5-10,12H2,1-4H3,(H,28,29). The number of hydrogen-bond acceptors (Lipinski definition) is 5. The number of carbonyl (C=O) groups excluding carboxylic acids is 1. The molecule has 2 aliphatic rings. The van der Waals surface area contributed by atoms with E-state index in [1.807, 2.05) is 18.9 Å². The zero-order valence-electron chi connectivity index (χ0n) is 17.6. The van der Waals surface area contributed by atoms with Crippen molar-refractivity contribution in [2.45, 2.75) is 52.5 Å². The van der Waals surface area contributed by atoms with Gasteiger partial charge in [0.15, 0.2) is 5.65 Å². The molecular weight excluding hydrogens is 370 g/mol. The number of aromatic nitrogens is 3. The van der Waals surface area contributed by atoms with Gasteiger partial charge in [-0.15, -0.1) is 0 Å². The molecule has 0 aromatic carbocycles. The van der Waals surface area contributed by atoms with Crippen molar-refractivity contribution >= 4 is 28.6 Å². The van der Waals surface area contributed by atoms with Crippen LogP contribution in [0.4, 0.5) is 5.69 Å². The molecule has 0 bridgehead atoms. The van der Waals surface area contributed by atoms with Gasteiger partial charge in [0.05, 0.1) is 16.8 Å². The van der Waals surface area contributed by atoms with Crippen LogP contribution < -0.4 is 4.90 Å². The highest BCUT2D eigenvalue weighted by molar-refractivity contribution is 6.04. The van der Waals surface area contributed by atoms with Crippen LogP contribution >= 0.6 is 0 Å². The zero-order valence-corrected chi connectivity index (χ0v) is 17.6. The number of carboxylic acids is 1. The van der Waals surface area contributed by atoms with E-state index in [9.17, 15) is 14.7 Å². The number of pyridine rings is 1. The topological polar surface area (TPSA) is 91.6 Å². The summed E-state index contributed by atoms with van der Waals surface area (Å²) in [6.07, 6.45) is 4.88. The van der Waals surface area contributed by atoms with Gasteiger partial charge in [-0.3, -0.25) is 9.48 Å². The molecule has 0 aliphatic carbocycles. The molecule has 156 valence electrons. The molecule has 2 saturated heterocycles. The Morgan fingerprint density at radius 2 is 1.93 bits per heavy atom. The predicted molar refractivity (Wildman–Crippen MR) is 110 cm³/mol. The van der Waals surface area contributed by atoms with Crippen molar-refractivity contribution in [3.63, 3.8) is 0 Å². The minimum absolute atomic E-state index is 0.133. The smallest absolute Gasteiger partial charge is 0.339 e. The summed E-state index contributed by atoms with van der Waals surface area (Å²) in [5, 5.41) is 15.1. The number of rotatable bonds is 3. The van der Waals surface area contributed by atoms with Gasteiger partial charge in [-0.1, -0.05) is 0 Å². The van der Waals surface area contributed by atoms with Crippen LogP contribution in [0.15, 0.2) is 6.20 Å². The van der Waals surface area contributed by atoms with E-state index in [4.69, 9.17) is 0 Å². The lowest BCUT2D eigenvalue weighted by molar-refractivity contribution is -0.140. The second-order valence-corrected chi connectivity index (χ2v) is 8.84. The largest absolute Gasteiger partial charge is 0.478 e. The van der Waals surface area contributed by atoms with Crippen LogP contribution in [0.5, 0.6) is 0 Å². The third-order valence-electron chi connectivity index (χ3n) is 6.69. The normalized spacial score (nSPS) is 19.6. The highest BCUT2D eigenvalue weighted by Crippen LogP contribution is 2.43. The molecule has 2 aliphatic heterocycles. The van der Waals surface area contributed by atoms with Crippen LogP contribution in [0.1, 0.15) is 55.6 Å². The molecule has 2 fully saturated rings. The minimum atomic E-state index is -0.966. The average Bonchev–Trinajstić information content (AvgIpc) is 2.98. The van der Waals surface area contributed by atoms with Crippen LogP contribution in [-0.4, -0.2) is 62.3 Å². The van der Waals surface area contributed by atoms with E-state index in [1.165, 1.54) is 6.20 Å². The SMILES string of the molecule is Cc1nn(C)c2ncc(C(=O)O)c(N3CCC4(CCC(=O)N(C(C)C)C4)CC3)c12. The van der Waals surface area contributed by atoms with Crippen LogP contribution in [-0.2, 0) is 11.8 Å². The Hall–Kier alpha value is -2.64. The minimum Gasteiger partial charge on any atom is -0.478 e. The van der Waals surface area contributed by atoms with E-state index in [0.29, 0.717) is 12.1 Å². The third-order valence-corrected chi connectivity index (χ3v) is 6.69. The fraction of sp³-hybridized carbons (Fsp3) is 0.619. The van der Waals surface area contributed by atoms with Gasteiger partial charge in [0.2, 0.25) is 5.91 Å². The summed E-state index contributed by atoms with van der Waals surface area (Å²) in [7, 11) is 1.83. The summed E-state index contributed by atoms with van der Waals surface area (Å²) in [6, 6.07) is 0.217. The van der Waals surface area contributed by atoms with Crippen LogP contribution in [0.3, 0.4) is 0 Å². The van der Waals surface area contributed by atoms with Crippen molar-refractivity contribution in [3.8, 4) is 0 Å². The summed E-state index contributed by atoms with van der Waals surface area (Å²) in [4.78, 5) is 32.8. The molecule has 8 heteroatoms. The van der Waals surface area contributed by atoms with Crippen molar-refractivity contribution in [1.82, 2.24) is 19.7 Å². The van der Waals surface area contributed by atoms with Crippen molar-refractivity contribution in [2.75, 3.05) is 24.5 Å². The molecule has 0 atom stereocenters. The Morgan fingerprint density at radius 3 is 2.55 bits per heavy atom. The van der Waals surface area contributed by atoms with E-state index < -0.39 is 5.97 Å². The van der Waals surface area contributed by atoms with Crippen LogP contribution in [0, 0.1) is 12.3 Å². The monoisotopic (exact) mass is 399 g/mol. The van der Waals surface area contributed by atoms with Gasteiger partial charge < -0.3 is 14.9 Å². The van der Waals surface area contributed by atoms with Crippen LogP contribution in [0.2, 0.25) is 0 Å². The Labute approximate surface area is 170 Å². The Kier molecular flexibility index (Phi) is 4.75. The lowest BCUT2D eigenvalue weighted by Crippen LogP contribution is -2.53. The lowest BCUT2D eigenvalue weighted by Gasteiger charge is -2.49. The number of fused-ring (bicyclic) bond motifs is 1. The van der Waals surface area contributed by atoms with Crippen molar-refractivity contribution < 1.29 is 14.7 Å². The first kappa shape index (κ1) is 19.7. The maximum Gasteiger partial charge on any atom is 0.339 e. The molecule has 2 aromatic heterocycles. The van der Waals surface area contributed by atoms with Crippen molar-refractivity contribution in [2.24, 2.45) is 12.5 Å². The summed E-state index contributed by atoms with van der Waals surface area (Å²) < 4.78 is 1.71. The highest BCUT2D eigenvalue weighted by atomic mass is 16.4. The second-order valence-electron chi connectivity index (χ2n) is 8.84. The van der Waals surface area contributed by atoms with Gasteiger partial charge in [0.1, 0.15) is 5.56 Å². The highest BCUT2D eigenvalue weighted by Gasteiger charge is 2.42. The molecule has 0 saturated carbocycles. The molecule has 29 heavy (non-hydrogen) atoms. The molecule has 1 spiro atoms. The van der Waals surface area contributed by atoms with Gasteiger partial charge in [0, 0.05) is 45.3 Å². The molecule has 0 radical (unpaired) electrons. The Morgan fingerprint density at radius 1 is 1.24 bits per heavy atom. The molecule has 4 rings (SSSR count). The molecular formula is C21H29N5O3. The molecule has 1 N–H and O–H groups in total. The second kappa shape index (κ2) is 7.00. The quantitative estimate of drug-likeness (QED) is 0.853. The first-order chi connectivity index (χ1) is 13.7. The van der Waals surface area contributed by atoms with Crippen molar-refractivity contribution in [3.05, 3.63) is 17.5 Å². The maximum absolute atomic E-state index is 12.3. The summed E-state index contributed by atoms with van der Waals surface area (Å²) in [5.41, 5.74) is 2.59. The Bertz CT molecular complexity index is 972. The number of carboxylic acid groups (broad SMARTS) is 1. The summed E-state index contributed by atoms with van der Waals surface area (Å²) in [6.45, 7) is 8.40. The van der Waals surface area contributed by atoms with Gasteiger partial charge in [-0.25, -0.2) is 9.78 Å². The third kappa shape index (κ3) is 3.24. The number of piperidine rings is 2. The number of carbonyl (C=O) groups is 2. The van der Waals surface area contributed by atoms with E-state index >= 15 is 0 Å². The fourth-order valence-corrected chi connectivity index (χ4v) is 5.01. The van der Waals surface area contributed by atoms with Gasteiger partial charge in [0.25, 0.3) is 0 Å². The summed E-state index contributed by atoms with van der Waals surface area (Å²) in [5.74, 6) is -0.713. The van der Waals surface area contributed by atoms with E-state index in [-0.39, 0.29) is 22.9 Å². The van der Waals surface area contributed by atoms with Gasteiger partial charge in [-0.2, -0.15) is 5.10 Å². The fourth-order valence-electron chi connectivity index (χ4n) is 5.01. The van der Waals surface area contributed by atoms with E-state index in [0.717, 1.165) is 55.7 Å². The average molecular weight is 399 g/mol. The molecule has 0 unspecified atom stereocenters. The van der Waals surface area contributed by atoms with E-state index in [2.05, 4.69) is 28.8 Å². The lowest BCUT2D eigenvalue weighted by atomic mass is 9.72. The number of aromatic carboxylic acids is 1.